The van der Waals surface area contributed by atoms with Gasteiger partial charge in [0.2, 0.25) is 0 Å². The van der Waals surface area contributed by atoms with Crippen LogP contribution in [0.15, 0.2) is 29.2 Å². The van der Waals surface area contributed by atoms with Crippen LogP contribution in [0.4, 0.5) is 9.93 Å². The third kappa shape index (κ3) is 3.96. The lowest BCUT2D eigenvalue weighted by Crippen LogP contribution is -2.35. The Morgan fingerprint density at radius 2 is 2.20 bits per heavy atom. The van der Waals surface area contributed by atoms with Crippen LogP contribution in [0.3, 0.4) is 0 Å². The Labute approximate surface area is 154 Å². The second-order valence-corrected chi connectivity index (χ2v) is 7.80. The van der Waals surface area contributed by atoms with Crippen LogP contribution >= 0.6 is 23.1 Å². The molecule has 6 nitrogen and oxygen atoms in total. The van der Waals surface area contributed by atoms with Crippen LogP contribution in [0.25, 0.3) is 0 Å². The molecule has 2 heterocycles. The molecule has 0 spiro atoms. The van der Waals surface area contributed by atoms with Gasteiger partial charge in [0.05, 0.1) is 24.9 Å². The van der Waals surface area contributed by atoms with Gasteiger partial charge in [-0.2, -0.15) is 0 Å². The number of methoxy groups -OCH3 is 1. The van der Waals surface area contributed by atoms with E-state index in [2.05, 4.69) is 22.0 Å². The molecule has 25 heavy (non-hydrogen) atoms. The van der Waals surface area contributed by atoms with Gasteiger partial charge in [-0.05, 0) is 17.9 Å². The number of thioether (sulfide) groups is 1. The molecule has 2 amide bonds. The fourth-order valence-electron chi connectivity index (χ4n) is 2.66. The minimum absolute atomic E-state index is 0.0399. The van der Waals surface area contributed by atoms with Gasteiger partial charge in [0, 0.05) is 22.7 Å². The number of ether oxygens (including phenoxy) is 1. The number of fused-ring (bicyclic) bond motifs is 1. The molecule has 1 aromatic carbocycles. The van der Waals surface area contributed by atoms with Gasteiger partial charge in [0.25, 0.3) is 5.91 Å². The van der Waals surface area contributed by atoms with E-state index in [9.17, 15) is 9.59 Å². The Morgan fingerprint density at radius 1 is 1.40 bits per heavy atom. The van der Waals surface area contributed by atoms with Gasteiger partial charge < -0.3 is 9.64 Å². The third-order valence-corrected chi connectivity index (χ3v) is 5.78. The third-order valence-electron chi connectivity index (χ3n) is 3.83. The zero-order chi connectivity index (χ0) is 17.8. The van der Waals surface area contributed by atoms with E-state index in [-0.39, 0.29) is 5.91 Å². The predicted octanol–water partition coefficient (Wildman–Crippen LogP) is 3.63. The molecule has 0 saturated heterocycles. The highest BCUT2D eigenvalue weighted by Gasteiger charge is 2.26. The number of nitrogens with zero attached hydrogens (tertiary/aromatic N) is 2. The van der Waals surface area contributed by atoms with Crippen LogP contribution < -0.4 is 5.32 Å². The number of benzene rings is 1. The van der Waals surface area contributed by atoms with E-state index >= 15 is 0 Å². The molecule has 0 saturated carbocycles. The molecule has 0 fully saturated rings. The Bertz CT molecular complexity index is 791. The second-order valence-electron chi connectivity index (χ2n) is 5.41. The van der Waals surface area contributed by atoms with E-state index < -0.39 is 6.09 Å². The van der Waals surface area contributed by atoms with Crippen LogP contribution in [-0.2, 0) is 17.7 Å². The van der Waals surface area contributed by atoms with Crippen molar-refractivity contribution in [2.75, 3.05) is 24.7 Å². The number of nitrogens with one attached hydrogen (secondary N) is 1. The number of carbonyl (C=O) groups excluding carboxylic acids is 2. The quantitative estimate of drug-likeness (QED) is 0.824. The molecule has 2 aromatic rings. The Balaban J connectivity index is 1.76. The largest absolute Gasteiger partial charge is 0.453 e. The van der Waals surface area contributed by atoms with Crippen molar-refractivity contribution in [1.82, 2.24) is 9.88 Å². The van der Waals surface area contributed by atoms with Crippen LogP contribution in [-0.4, -0.2) is 41.3 Å². The number of hydrogen-bond acceptors (Lipinski definition) is 6. The lowest BCUT2D eigenvalue weighted by atomic mass is 10.1. The van der Waals surface area contributed by atoms with Crippen molar-refractivity contribution in [3.05, 3.63) is 40.4 Å². The molecule has 3 rings (SSSR count). The molecular formula is C17H19N3O3S2. The summed E-state index contributed by atoms with van der Waals surface area (Å²) in [6, 6.07) is 7.72. The molecule has 1 aliphatic heterocycles. The summed E-state index contributed by atoms with van der Waals surface area (Å²) in [5.41, 5.74) is 1.69. The number of thiazole rings is 1. The molecule has 132 valence electrons. The van der Waals surface area contributed by atoms with Crippen LogP contribution in [0.2, 0.25) is 0 Å². The van der Waals surface area contributed by atoms with Gasteiger partial charge in [-0.1, -0.05) is 30.4 Å². The van der Waals surface area contributed by atoms with Crippen molar-refractivity contribution in [3.8, 4) is 0 Å². The monoisotopic (exact) mass is 377 g/mol. The first-order chi connectivity index (χ1) is 12.1. The van der Waals surface area contributed by atoms with E-state index in [1.165, 1.54) is 18.4 Å². The highest BCUT2D eigenvalue weighted by Crippen LogP contribution is 2.30. The maximum absolute atomic E-state index is 12.9. The second kappa shape index (κ2) is 7.88. The maximum Gasteiger partial charge on any atom is 0.413 e. The molecule has 0 bridgehead atoms. The van der Waals surface area contributed by atoms with Gasteiger partial charge >= 0.3 is 6.09 Å². The molecule has 1 aliphatic rings. The van der Waals surface area contributed by atoms with Crippen molar-refractivity contribution >= 4 is 40.2 Å². The summed E-state index contributed by atoms with van der Waals surface area (Å²) in [4.78, 5) is 32.5. The number of rotatable bonds is 4. The highest BCUT2D eigenvalue weighted by atomic mass is 32.2. The molecule has 0 unspecified atom stereocenters. The zero-order valence-electron chi connectivity index (χ0n) is 14.1. The number of hydrogen-bond donors (Lipinski definition) is 1. The molecule has 1 N–H and O–H groups in total. The summed E-state index contributed by atoms with van der Waals surface area (Å²) < 4.78 is 4.59. The van der Waals surface area contributed by atoms with Crippen molar-refractivity contribution in [2.24, 2.45) is 0 Å². The van der Waals surface area contributed by atoms with Crippen LogP contribution in [0, 0.1) is 0 Å². The summed E-state index contributed by atoms with van der Waals surface area (Å²) >= 11 is 3.06. The molecular weight excluding hydrogens is 358 g/mol. The van der Waals surface area contributed by atoms with Crippen molar-refractivity contribution in [1.29, 1.82) is 0 Å². The molecule has 0 aliphatic carbocycles. The first-order valence-corrected chi connectivity index (χ1v) is 9.77. The number of aromatic nitrogens is 1. The standard InChI is InChI=1S/C17H19N3O3S2/c1-3-24-13-7-5-4-6-11(13)15(21)20-9-8-12-14(10-20)25-16(18-12)19-17(22)23-2/h4-7H,3,8-10H2,1-2H3,(H,18,19,22). The summed E-state index contributed by atoms with van der Waals surface area (Å²) in [5, 5.41) is 3.10. The van der Waals surface area contributed by atoms with E-state index in [1.54, 1.807) is 11.8 Å². The lowest BCUT2D eigenvalue weighted by molar-refractivity contribution is 0.0732. The normalized spacial score (nSPS) is 13.3. The highest BCUT2D eigenvalue weighted by molar-refractivity contribution is 7.99. The van der Waals surface area contributed by atoms with Crippen molar-refractivity contribution in [2.45, 2.75) is 24.8 Å². The van der Waals surface area contributed by atoms with Gasteiger partial charge in [0.1, 0.15) is 0 Å². The maximum atomic E-state index is 12.9. The average molecular weight is 377 g/mol. The topological polar surface area (TPSA) is 71.5 Å². The van der Waals surface area contributed by atoms with Crippen molar-refractivity contribution in [3.63, 3.8) is 0 Å². The fraction of sp³-hybridized carbons (Fsp3) is 0.353. The number of amides is 2. The zero-order valence-corrected chi connectivity index (χ0v) is 15.7. The van der Waals surface area contributed by atoms with Crippen molar-refractivity contribution < 1.29 is 14.3 Å². The first kappa shape index (κ1) is 17.8. The van der Waals surface area contributed by atoms with E-state index in [1.807, 2.05) is 29.2 Å². The van der Waals surface area contributed by atoms with Gasteiger partial charge in [0.15, 0.2) is 5.13 Å². The predicted molar refractivity (Wildman–Crippen MR) is 99.4 cm³/mol. The van der Waals surface area contributed by atoms with E-state index in [4.69, 9.17) is 0 Å². The molecule has 8 heteroatoms. The van der Waals surface area contributed by atoms with Gasteiger partial charge in [-0.15, -0.1) is 11.8 Å². The Morgan fingerprint density at radius 3 is 2.96 bits per heavy atom. The van der Waals surface area contributed by atoms with Crippen LogP contribution in [0.1, 0.15) is 27.9 Å². The average Bonchev–Trinajstić information content (AvgIpc) is 3.03. The summed E-state index contributed by atoms with van der Waals surface area (Å²) in [5.74, 6) is 0.962. The fourth-order valence-corrected chi connectivity index (χ4v) is 4.46. The SMILES string of the molecule is CCSc1ccccc1C(=O)N1CCc2nc(NC(=O)OC)sc2C1. The van der Waals surface area contributed by atoms with E-state index in [0.29, 0.717) is 24.6 Å². The molecule has 0 radical (unpaired) electrons. The van der Waals surface area contributed by atoms with E-state index in [0.717, 1.165) is 26.8 Å². The molecule has 1 aromatic heterocycles. The summed E-state index contributed by atoms with van der Waals surface area (Å²) in [7, 11) is 1.31. The first-order valence-electron chi connectivity index (χ1n) is 7.97. The number of anilines is 1. The van der Waals surface area contributed by atoms with Gasteiger partial charge in [-0.25, -0.2) is 9.78 Å². The minimum Gasteiger partial charge on any atom is -0.453 e. The van der Waals surface area contributed by atoms with Gasteiger partial charge in [-0.3, -0.25) is 10.1 Å². The smallest absolute Gasteiger partial charge is 0.413 e. The number of carbonyl (C=O) groups is 2. The van der Waals surface area contributed by atoms with Crippen LogP contribution in [0.5, 0.6) is 0 Å². The lowest BCUT2D eigenvalue weighted by Gasteiger charge is -2.26. The summed E-state index contributed by atoms with van der Waals surface area (Å²) in [6.07, 6.45) is 0.147. The molecule has 0 atom stereocenters. The Kier molecular flexibility index (Phi) is 5.60. The minimum atomic E-state index is -0.537. The summed E-state index contributed by atoms with van der Waals surface area (Å²) in [6.45, 7) is 3.21. The Hall–Kier alpha value is -2.06.